The first-order valence-electron chi connectivity index (χ1n) is 5.97. The van der Waals surface area contributed by atoms with E-state index in [1.807, 2.05) is 18.2 Å². The summed E-state index contributed by atoms with van der Waals surface area (Å²) in [5, 5.41) is 9.03. The molecule has 1 aromatic rings. The van der Waals surface area contributed by atoms with Crippen LogP contribution in [0.15, 0.2) is 18.2 Å². The van der Waals surface area contributed by atoms with Gasteiger partial charge in [0.15, 0.2) is 0 Å². The second kappa shape index (κ2) is 6.38. The van der Waals surface area contributed by atoms with E-state index < -0.39 is 0 Å². The molecule has 3 nitrogen and oxygen atoms in total. The highest BCUT2D eigenvalue weighted by molar-refractivity contribution is 5.68. The van der Waals surface area contributed by atoms with Gasteiger partial charge in [-0.25, -0.2) is 0 Å². The van der Waals surface area contributed by atoms with E-state index in [4.69, 9.17) is 10.8 Å². The van der Waals surface area contributed by atoms with Crippen molar-refractivity contribution in [3.63, 3.8) is 0 Å². The van der Waals surface area contributed by atoms with Gasteiger partial charge in [0.05, 0.1) is 18.0 Å². The maximum atomic E-state index is 9.03. The minimum atomic E-state index is 0.0477. The Kier molecular flexibility index (Phi) is 5.12. The maximum absolute atomic E-state index is 9.03. The fourth-order valence-corrected chi connectivity index (χ4v) is 1.88. The highest BCUT2D eigenvalue weighted by atomic mass is 16.3. The first-order chi connectivity index (χ1) is 7.72. The fraction of sp³-hybridized carbons (Fsp3) is 0.538. The molecule has 0 fully saturated rings. The Labute approximate surface area is 97.9 Å². The molecule has 0 atom stereocenters. The smallest absolute Gasteiger partial charge is 0.0682 e. The van der Waals surface area contributed by atoms with Crippen molar-refractivity contribution in [3.8, 4) is 0 Å². The summed E-state index contributed by atoms with van der Waals surface area (Å²) in [5.41, 5.74) is 8.72. The maximum Gasteiger partial charge on any atom is 0.0682 e. The number of rotatable bonds is 6. The molecule has 3 heteroatoms. The predicted octanol–water partition coefficient (Wildman–Crippen LogP) is 2.39. The van der Waals surface area contributed by atoms with E-state index >= 15 is 0 Å². The van der Waals surface area contributed by atoms with Crippen LogP contribution in [0.3, 0.4) is 0 Å². The van der Waals surface area contributed by atoms with Crippen LogP contribution in [0.1, 0.15) is 32.3 Å². The molecule has 0 saturated heterocycles. The number of nitrogens with two attached hydrogens (primary N) is 1. The van der Waals surface area contributed by atoms with Crippen molar-refractivity contribution in [2.24, 2.45) is 0 Å². The van der Waals surface area contributed by atoms with Crippen molar-refractivity contribution in [3.05, 3.63) is 23.8 Å². The SMILES string of the molecule is CCCN(CCC)c1ccc(CO)cc1N. The first-order valence-corrected chi connectivity index (χ1v) is 5.97. The van der Waals surface area contributed by atoms with Crippen molar-refractivity contribution in [2.75, 3.05) is 23.7 Å². The molecule has 0 aliphatic heterocycles. The third-order valence-corrected chi connectivity index (χ3v) is 2.60. The van der Waals surface area contributed by atoms with Gasteiger partial charge >= 0.3 is 0 Å². The first kappa shape index (κ1) is 12.8. The highest BCUT2D eigenvalue weighted by Gasteiger charge is 2.08. The van der Waals surface area contributed by atoms with Crippen LogP contribution in [0.4, 0.5) is 11.4 Å². The van der Waals surface area contributed by atoms with E-state index in [1.165, 1.54) is 0 Å². The van der Waals surface area contributed by atoms with E-state index in [2.05, 4.69) is 18.7 Å². The Morgan fingerprint density at radius 1 is 1.19 bits per heavy atom. The zero-order valence-corrected chi connectivity index (χ0v) is 10.2. The third-order valence-electron chi connectivity index (χ3n) is 2.60. The van der Waals surface area contributed by atoms with E-state index in [0.717, 1.165) is 42.9 Å². The molecular formula is C13H22N2O. The molecule has 1 rings (SSSR count). The molecule has 0 bridgehead atoms. The van der Waals surface area contributed by atoms with E-state index in [0.29, 0.717) is 0 Å². The number of aliphatic hydroxyl groups is 1. The van der Waals surface area contributed by atoms with Crippen LogP contribution >= 0.6 is 0 Å². The molecule has 0 amide bonds. The van der Waals surface area contributed by atoms with E-state index in [-0.39, 0.29) is 6.61 Å². The minimum Gasteiger partial charge on any atom is -0.397 e. The lowest BCUT2D eigenvalue weighted by Gasteiger charge is -2.25. The normalized spacial score (nSPS) is 10.4. The second-order valence-corrected chi connectivity index (χ2v) is 4.04. The lowest BCUT2D eigenvalue weighted by atomic mass is 10.1. The lowest BCUT2D eigenvalue weighted by molar-refractivity contribution is 0.282. The van der Waals surface area contributed by atoms with E-state index in [1.54, 1.807) is 0 Å². The molecule has 0 aliphatic rings. The summed E-state index contributed by atoms with van der Waals surface area (Å²) >= 11 is 0. The minimum absolute atomic E-state index is 0.0477. The summed E-state index contributed by atoms with van der Waals surface area (Å²) in [5.74, 6) is 0. The number of benzene rings is 1. The van der Waals surface area contributed by atoms with Crippen LogP contribution in [-0.2, 0) is 6.61 Å². The van der Waals surface area contributed by atoms with Gasteiger partial charge in [0, 0.05) is 13.1 Å². The van der Waals surface area contributed by atoms with Crippen LogP contribution < -0.4 is 10.6 Å². The van der Waals surface area contributed by atoms with Crippen LogP contribution in [-0.4, -0.2) is 18.2 Å². The van der Waals surface area contributed by atoms with Crippen molar-refractivity contribution in [1.29, 1.82) is 0 Å². The van der Waals surface area contributed by atoms with Gasteiger partial charge in [-0.05, 0) is 30.5 Å². The van der Waals surface area contributed by atoms with Gasteiger partial charge < -0.3 is 15.7 Å². The highest BCUT2D eigenvalue weighted by Crippen LogP contribution is 2.24. The summed E-state index contributed by atoms with van der Waals surface area (Å²) in [6.45, 7) is 6.43. The summed E-state index contributed by atoms with van der Waals surface area (Å²) in [6.07, 6.45) is 2.22. The number of anilines is 2. The molecule has 90 valence electrons. The number of aliphatic hydroxyl groups excluding tert-OH is 1. The van der Waals surface area contributed by atoms with Gasteiger partial charge in [0.2, 0.25) is 0 Å². The molecule has 1 aromatic carbocycles. The van der Waals surface area contributed by atoms with Gasteiger partial charge in [-0.15, -0.1) is 0 Å². The standard InChI is InChI=1S/C13H22N2O/c1-3-7-15(8-4-2)13-6-5-11(10-16)9-12(13)14/h5-6,9,16H,3-4,7-8,10,14H2,1-2H3. The fourth-order valence-electron chi connectivity index (χ4n) is 1.88. The molecule has 0 unspecified atom stereocenters. The van der Waals surface area contributed by atoms with Gasteiger partial charge in [-0.3, -0.25) is 0 Å². The molecule has 0 aliphatic carbocycles. The Morgan fingerprint density at radius 2 is 1.81 bits per heavy atom. The Balaban J connectivity index is 2.90. The van der Waals surface area contributed by atoms with Gasteiger partial charge in [0.25, 0.3) is 0 Å². The van der Waals surface area contributed by atoms with Gasteiger partial charge in [0.1, 0.15) is 0 Å². The van der Waals surface area contributed by atoms with Crippen molar-refractivity contribution < 1.29 is 5.11 Å². The molecule has 0 heterocycles. The molecule has 0 radical (unpaired) electrons. The topological polar surface area (TPSA) is 49.5 Å². The second-order valence-electron chi connectivity index (χ2n) is 4.04. The van der Waals surface area contributed by atoms with Crippen LogP contribution in [0.2, 0.25) is 0 Å². The zero-order chi connectivity index (χ0) is 12.0. The Morgan fingerprint density at radius 3 is 2.25 bits per heavy atom. The largest absolute Gasteiger partial charge is 0.397 e. The van der Waals surface area contributed by atoms with Crippen molar-refractivity contribution in [2.45, 2.75) is 33.3 Å². The average Bonchev–Trinajstić information content (AvgIpc) is 2.29. The van der Waals surface area contributed by atoms with E-state index in [9.17, 15) is 0 Å². The van der Waals surface area contributed by atoms with Crippen LogP contribution in [0.5, 0.6) is 0 Å². The predicted molar refractivity (Wildman–Crippen MR) is 69.6 cm³/mol. The van der Waals surface area contributed by atoms with Crippen molar-refractivity contribution >= 4 is 11.4 Å². The molecular weight excluding hydrogens is 200 g/mol. The molecule has 0 spiro atoms. The van der Waals surface area contributed by atoms with Crippen LogP contribution in [0, 0.1) is 0 Å². The summed E-state index contributed by atoms with van der Waals surface area (Å²) < 4.78 is 0. The average molecular weight is 222 g/mol. The van der Waals surface area contributed by atoms with Crippen LogP contribution in [0.25, 0.3) is 0 Å². The Bertz CT molecular complexity index is 320. The van der Waals surface area contributed by atoms with Gasteiger partial charge in [-0.1, -0.05) is 19.9 Å². The molecule has 0 aromatic heterocycles. The zero-order valence-electron chi connectivity index (χ0n) is 10.2. The van der Waals surface area contributed by atoms with Gasteiger partial charge in [-0.2, -0.15) is 0 Å². The number of nitrogen functional groups attached to an aromatic ring is 1. The number of nitrogens with zero attached hydrogens (tertiary/aromatic N) is 1. The Hall–Kier alpha value is -1.22. The third kappa shape index (κ3) is 3.14. The monoisotopic (exact) mass is 222 g/mol. The number of hydrogen-bond acceptors (Lipinski definition) is 3. The number of hydrogen-bond donors (Lipinski definition) is 2. The molecule has 3 N–H and O–H groups in total. The summed E-state index contributed by atoms with van der Waals surface area (Å²) in [6, 6.07) is 5.80. The summed E-state index contributed by atoms with van der Waals surface area (Å²) in [7, 11) is 0. The summed E-state index contributed by atoms with van der Waals surface area (Å²) in [4.78, 5) is 2.30. The molecule has 0 saturated carbocycles. The van der Waals surface area contributed by atoms with Crippen molar-refractivity contribution in [1.82, 2.24) is 0 Å². The lowest BCUT2D eigenvalue weighted by Crippen LogP contribution is -2.25. The quantitative estimate of drug-likeness (QED) is 0.727. The molecule has 16 heavy (non-hydrogen) atoms.